The highest BCUT2D eigenvalue weighted by molar-refractivity contribution is 6.04. The van der Waals surface area contributed by atoms with Crippen LogP contribution >= 0.6 is 0 Å². The third-order valence-electron chi connectivity index (χ3n) is 5.00. The molecule has 0 aliphatic carbocycles. The predicted octanol–water partition coefficient (Wildman–Crippen LogP) is 3.65. The van der Waals surface area contributed by atoms with Crippen LogP contribution in [0.15, 0.2) is 53.3 Å². The first kappa shape index (κ1) is 19.6. The fourth-order valence-corrected chi connectivity index (χ4v) is 3.32. The maximum Gasteiger partial charge on any atom is 0.275 e. The van der Waals surface area contributed by atoms with Crippen molar-refractivity contribution in [1.82, 2.24) is 14.7 Å². The van der Waals surface area contributed by atoms with Crippen molar-refractivity contribution in [2.75, 3.05) is 14.2 Å². The monoisotopic (exact) mass is 379 g/mol. The van der Waals surface area contributed by atoms with Crippen LogP contribution in [0.2, 0.25) is 0 Å². The molecule has 3 rings (SSSR count). The standard InChI is InChI=1S/C22H25N3O3/c1-5-14-25-21(26)18-12-7-6-11-17(18)20(23-25)22(27)24(3)15(2)16-10-8-9-13-19(16)28-4/h6-13,15H,5,14H2,1-4H3. The molecular formula is C22H25N3O3. The molecule has 2 aromatic carbocycles. The van der Waals surface area contributed by atoms with Gasteiger partial charge in [0, 0.05) is 24.5 Å². The average molecular weight is 379 g/mol. The van der Waals surface area contributed by atoms with Crippen LogP contribution in [0.3, 0.4) is 0 Å². The van der Waals surface area contributed by atoms with Gasteiger partial charge in [0.25, 0.3) is 11.5 Å². The fourth-order valence-electron chi connectivity index (χ4n) is 3.32. The van der Waals surface area contributed by atoms with Crippen LogP contribution in [0, 0.1) is 0 Å². The first-order chi connectivity index (χ1) is 13.5. The molecule has 1 aromatic heterocycles. The lowest BCUT2D eigenvalue weighted by molar-refractivity contribution is 0.0734. The van der Waals surface area contributed by atoms with E-state index in [4.69, 9.17) is 4.74 Å². The predicted molar refractivity (Wildman–Crippen MR) is 110 cm³/mol. The van der Waals surface area contributed by atoms with Crippen molar-refractivity contribution in [3.05, 3.63) is 70.1 Å². The van der Waals surface area contributed by atoms with Crippen molar-refractivity contribution in [3.63, 3.8) is 0 Å². The molecule has 0 aliphatic rings. The van der Waals surface area contributed by atoms with Crippen LogP contribution in [0.25, 0.3) is 10.8 Å². The number of ether oxygens (including phenoxy) is 1. The Morgan fingerprint density at radius 1 is 1.14 bits per heavy atom. The summed E-state index contributed by atoms with van der Waals surface area (Å²) < 4.78 is 6.83. The first-order valence-electron chi connectivity index (χ1n) is 9.39. The summed E-state index contributed by atoms with van der Waals surface area (Å²) in [6.07, 6.45) is 0.756. The Morgan fingerprint density at radius 2 is 1.79 bits per heavy atom. The Labute approximate surface area is 164 Å². The Kier molecular flexibility index (Phi) is 5.78. The van der Waals surface area contributed by atoms with Crippen LogP contribution in [-0.2, 0) is 6.54 Å². The molecule has 0 fully saturated rings. The van der Waals surface area contributed by atoms with Gasteiger partial charge in [-0.05, 0) is 25.5 Å². The number of aryl methyl sites for hydroxylation is 1. The number of benzene rings is 2. The van der Waals surface area contributed by atoms with Gasteiger partial charge in [0.15, 0.2) is 5.69 Å². The molecule has 6 heteroatoms. The lowest BCUT2D eigenvalue weighted by Gasteiger charge is -2.26. The molecular weight excluding hydrogens is 354 g/mol. The smallest absolute Gasteiger partial charge is 0.275 e. The quantitative estimate of drug-likeness (QED) is 0.656. The number of methoxy groups -OCH3 is 1. The van der Waals surface area contributed by atoms with Crippen molar-refractivity contribution in [3.8, 4) is 5.75 Å². The first-order valence-corrected chi connectivity index (χ1v) is 9.39. The molecule has 1 unspecified atom stereocenters. The Hall–Kier alpha value is -3.15. The van der Waals surface area contributed by atoms with Gasteiger partial charge in [0.05, 0.1) is 18.5 Å². The molecule has 146 valence electrons. The second-order valence-electron chi connectivity index (χ2n) is 6.76. The van der Waals surface area contributed by atoms with Gasteiger partial charge < -0.3 is 9.64 Å². The van der Waals surface area contributed by atoms with Crippen LogP contribution in [0.5, 0.6) is 5.75 Å². The molecule has 0 bridgehead atoms. The largest absolute Gasteiger partial charge is 0.496 e. The third kappa shape index (κ3) is 3.50. The second-order valence-corrected chi connectivity index (χ2v) is 6.76. The third-order valence-corrected chi connectivity index (χ3v) is 5.00. The molecule has 0 aliphatic heterocycles. The van der Waals surface area contributed by atoms with Crippen molar-refractivity contribution in [1.29, 1.82) is 0 Å². The number of aromatic nitrogens is 2. The van der Waals surface area contributed by atoms with E-state index in [1.807, 2.05) is 44.2 Å². The van der Waals surface area contributed by atoms with Crippen molar-refractivity contribution >= 4 is 16.7 Å². The van der Waals surface area contributed by atoms with E-state index in [0.717, 1.165) is 17.7 Å². The molecule has 0 spiro atoms. The number of rotatable bonds is 6. The lowest BCUT2D eigenvalue weighted by atomic mass is 10.0. The highest BCUT2D eigenvalue weighted by Crippen LogP contribution is 2.29. The maximum atomic E-state index is 13.3. The Balaban J connectivity index is 2.07. The average Bonchev–Trinajstić information content (AvgIpc) is 2.74. The summed E-state index contributed by atoms with van der Waals surface area (Å²) >= 11 is 0. The van der Waals surface area contributed by atoms with Crippen molar-refractivity contribution < 1.29 is 9.53 Å². The van der Waals surface area contributed by atoms with Gasteiger partial charge in [0.2, 0.25) is 0 Å². The van der Waals surface area contributed by atoms with E-state index in [1.165, 1.54) is 4.68 Å². The fraction of sp³-hybridized carbons (Fsp3) is 0.318. The summed E-state index contributed by atoms with van der Waals surface area (Å²) in [5.74, 6) is 0.489. The minimum atomic E-state index is -0.237. The summed E-state index contributed by atoms with van der Waals surface area (Å²) in [5.41, 5.74) is 1.02. The number of fused-ring (bicyclic) bond motifs is 1. The lowest BCUT2D eigenvalue weighted by Crippen LogP contribution is -2.33. The van der Waals surface area contributed by atoms with Crippen LogP contribution in [0.4, 0.5) is 0 Å². The minimum absolute atomic E-state index is 0.172. The van der Waals surface area contributed by atoms with Gasteiger partial charge >= 0.3 is 0 Å². The van der Waals surface area contributed by atoms with Crippen molar-refractivity contribution in [2.45, 2.75) is 32.9 Å². The zero-order valence-corrected chi connectivity index (χ0v) is 16.7. The summed E-state index contributed by atoms with van der Waals surface area (Å²) in [4.78, 5) is 27.6. The van der Waals surface area contributed by atoms with Gasteiger partial charge in [-0.1, -0.05) is 43.3 Å². The molecule has 0 saturated carbocycles. The SMILES string of the molecule is CCCn1nc(C(=O)N(C)C(C)c2ccccc2OC)c2ccccc2c1=O. The highest BCUT2D eigenvalue weighted by atomic mass is 16.5. The normalized spacial score (nSPS) is 12.0. The molecule has 1 atom stereocenters. The van der Waals surface area contributed by atoms with Crippen LogP contribution in [-0.4, -0.2) is 34.7 Å². The topological polar surface area (TPSA) is 64.4 Å². The highest BCUT2D eigenvalue weighted by Gasteiger charge is 2.25. The zero-order valence-electron chi connectivity index (χ0n) is 16.7. The van der Waals surface area contributed by atoms with Gasteiger partial charge in [-0.3, -0.25) is 9.59 Å². The summed E-state index contributed by atoms with van der Waals surface area (Å²) in [6, 6.07) is 14.5. The molecule has 0 N–H and O–H groups in total. The number of amides is 1. The molecule has 6 nitrogen and oxygen atoms in total. The molecule has 1 amide bonds. The minimum Gasteiger partial charge on any atom is -0.496 e. The van der Waals surface area contributed by atoms with Crippen LogP contribution in [0.1, 0.15) is 42.4 Å². The van der Waals surface area contributed by atoms with Gasteiger partial charge in [-0.2, -0.15) is 5.10 Å². The molecule has 1 heterocycles. The number of carbonyl (C=O) groups excluding carboxylic acids is 1. The van der Waals surface area contributed by atoms with E-state index in [0.29, 0.717) is 17.3 Å². The zero-order chi connectivity index (χ0) is 20.3. The number of nitrogens with zero attached hydrogens (tertiary/aromatic N) is 3. The van der Waals surface area contributed by atoms with E-state index in [-0.39, 0.29) is 23.2 Å². The van der Waals surface area contributed by atoms with Gasteiger partial charge in [-0.15, -0.1) is 0 Å². The number of carbonyl (C=O) groups is 1. The molecule has 0 saturated heterocycles. The number of para-hydroxylation sites is 1. The second kappa shape index (κ2) is 8.25. The van der Waals surface area contributed by atoms with E-state index in [1.54, 1.807) is 37.3 Å². The molecule has 0 radical (unpaired) electrons. The van der Waals surface area contributed by atoms with Gasteiger partial charge in [-0.25, -0.2) is 4.68 Å². The summed E-state index contributed by atoms with van der Waals surface area (Å²) in [6.45, 7) is 4.39. The summed E-state index contributed by atoms with van der Waals surface area (Å²) in [5, 5.41) is 5.49. The Bertz CT molecular complexity index is 1060. The van der Waals surface area contributed by atoms with E-state index in [2.05, 4.69) is 5.10 Å². The van der Waals surface area contributed by atoms with Gasteiger partial charge in [0.1, 0.15) is 5.75 Å². The summed E-state index contributed by atoms with van der Waals surface area (Å²) in [7, 11) is 3.36. The van der Waals surface area contributed by atoms with E-state index >= 15 is 0 Å². The Morgan fingerprint density at radius 3 is 2.46 bits per heavy atom. The number of hydrogen-bond acceptors (Lipinski definition) is 4. The van der Waals surface area contributed by atoms with E-state index < -0.39 is 0 Å². The number of hydrogen-bond donors (Lipinski definition) is 0. The molecule has 28 heavy (non-hydrogen) atoms. The van der Waals surface area contributed by atoms with E-state index in [9.17, 15) is 9.59 Å². The van der Waals surface area contributed by atoms with Crippen molar-refractivity contribution in [2.24, 2.45) is 0 Å². The maximum absolute atomic E-state index is 13.3. The van der Waals surface area contributed by atoms with Crippen LogP contribution < -0.4 is 10.3 Å². The molecule has 3 aromatic rings.